The Hall–Kier alpha value is -3.52. The van der Waals surface area contributed by atoms with Gasteiger partial charge >= 0.3 is 12.1 Å². The highest BCUT2D eigenvalue weighted by Crippen LogP contribution is 2.27. The standard InChI is InChI=1S/C22H21N3O4S/c1-12-10-13(2)17(14(3)11-12)24-19(26)18-15(4)23-21(30-18)25-22(28)29-20(27)16-8-6-5-7-9-16/h5-11H,1-4H3,(H,24,26)(H,23,25,28). The van der Waals surface area contributed by atoms with Crippen LogP contribution < -0.4 is 10.6 Å². The van der Waals surface area contributed by atoms with E-state index in [4.69, 9.17) is 4.74 Å². The molecule has 8 heteroatoms. The second-order valence-electron chi connectivity index (χ2n) is 6.83. The number of esters is 1. The van der Waals surface area contributed by atoms with E-state index in [0.717, 1.165) is 33.7 Å². The number of rotatable bonds is 4. The highest BCUT2D eigenvalue weighted by atomic mass is 32.1. The van der Waals surface area contributed by atoms with Crippen LogP contribution in [0.5, 0.6) is 0 Å². The zero-order valence-electron chi connectivity index (χ0n) is 17.0. The summed E-state index contributed by atoms with van der Waals surface area (Å²) in [6.45, 7) is 7.54. The molecule has 154 valence electrons. The third-order valence-electron chi connectivity index (χ3n) is 4.32. The summed E-state index contributed by atoms with van der Waals surface area (Å²) in [6.07, 6.45) is -0.963. The van der Waals surface area contributed by atoms with Gasteiger partial charge in [-0.3, -0.25) is 10.1 Å². The van der Waals surface area contributed by atoms with E-state index in [-0.39, 0.29) is 16.6 Å². The van der Waals surface area contributed by atoms with Gasteiger partial charge in [0.05, 0.1) is 11.3 Å². The molecule has 0 aliphatic carbocycles. The molecule has 1 heterocycles. The quantitative estimate of drug-likeness (QED) is 0.454. The minimum Gasteiger partial charge on any atom is -0.372 e. The number of anilines is 2. The van der Waals surface area contributed by atoms with Gasteiger partial charge in [-0.2, -0.15) is 0 Å². The van der Waals surface area contributed by atoms with Gasteiger partial charge < -0.3 is 10.1 Å². The molecule has 1 aromatic heterocycles. The van der Waals surface area contributed by atoms with Crippen LogP contribution in [0.4, 0.5) is 15.6 Å². The molecule has 7 nitrogen and oxygen atoms in total. The predicted molar refractivity (Wildman–Crippen MR) is 116 cm³/mol. The van der Waals surface area contributed by atoms with Gasteiger partial charge in [-0.05, 0) is 51.0 Å². The Morgan fingerprint density at radius 1 is 0.933 bits per heavy atom. The number of thiazole rings is 1. The summed E-state index contributed by atoms with van der Waals surface area (Å²) in [7, 11) is 0. The lowest BCUT2D eigenvalue weighted by Gasteiger charge is -2.12. The van der Waals surface area contributed by atoms with Gasteiger partial charge in [0.1, 0.15) is 4.88 Å². The lowest BCUT2D eigenvalue weighted by atomic mass is 10.1. The van der Waals surface area contributed by atoms with E-state index >= 15 is 0 Å². The van der Waals surface area contributed by atoms with Gasteiger partial charge in [-0.1, -0.05) is 47.2 Å². The van der Waals surface area contributed by atoms with E-state index in [9.17, 15) is 14.4 Å². The SMILES string of the molecule is Cc1cc(C)c(NC(=O)c2sc(NC(=O)OC(=O)c3ccccc3)nc2C)c(C)c1. The number of amides is 2. The molecule has 0 aliphatic rings. The molecule has 3 aromatic rings. The maximum absolute atomic E-state index is 12.7. The fourth-order valence-corrected chi connectivity index (χ4v) is 3.89. The van der Waals surface area contributed by atoms with Crippen LogP contribution in [0.25, 0.3) is 0 Å². The Bertz CT molecular complexity index is 1100. The Kier molecular flexibility index (Phi) is 6.27. The van der Waals surface area contributed by atoms with Crippen LogP contribution >= 0.6 is 11.3 Å². The Labute approximate surface area is 178 Å². The molecule has 0 atom stereocenters. The molecule has 0 spiro atoms. The number of hydrogen-bond acceptors (Lipinski definition) is 6. The average molecular weight is 423 g/mol. The molecule has 30 heavy (non-hydrogen) atoms. The zero-order valence-corrected chi connectivity index (χ0v) is 17.8. The second kappa shape index (κ2) is 8.87. The molecule has 2 aromatic carbocycles. The van der Waals surface area contributed by atoms with Crippen LogP contribution in [0.3, 0.4) is 0 Å². The van der Waals surface area contributed by atoms with Crippen molar-refractivity contribution in [1.29, 1.82) is 0 Å². The van der Waals surface area contributed by atoms with E-state index in [0.29, 0.717) is 10.6 Å². The van der Waals surface area contributed by atoms with E-state index in [1.165, 1.54) is 0 Å². The fraction of sp³-hybridized carbons (Fsp3) is 0.182. The lowest BCUT2D eigenvalue weighted by molar-refractivity contribution is 0.0645. The molecule has 0 fully saturated rings. The molecule has 0 saturated heterocycles. The number of aryl methyl sites for hydroxylation is 4. The van der Waals surface area contributed by atoms with Crippen LogP contribution in [0, 0.1) is 27.7 Å². The van der Waals surface area contributed by atoms with Crippen molar-refractivity contribution in [2.45, 2.75) is 27.7 Å². The monoisotopic (exact) mass is 423 g/mol. The van der Waals surface area contributed by atoms with E-state index in [1.54, 1.807) is 37.3 Å². The number of nitrogens with one attached hydrogen (secondary N) is 2. The molecular formula is C22H21N3O4S. The third kappa shape index (κ3) is 4.90. The van der Waals surface area contributed by atoms with Crippen LogP contribution in [0.1, 0.15) is 42.4 Å². The summed E-state index contributed by atoms with van der Waals surface area (Å²) in [4.78, 5) is 41.3. The molecule has 2 N–H and O–H groups in total. The Morgan fingerprint density at radius 2 is 1.57 bits per heavy atom. The first-order chi connectivity index (χ1) is 14.2. The van der Waals surface area contributed by atoms with Crippen molar-refractivity contribution in [2.75, 3.05) is 10.6 Å². The number of ether oxygens (including phenoxy) is 1. The Morgan fingerprint density at radius 3 is 2.20 bits per heavy atom. The van der Waals surface area contributed by atoms with Crippen molar-refractivity contribution >= 4 is 40.1 Å². The van der Waals surface area contributed by atoms with Gasteiger partial charge in [0.2, 0.25) is 0 Å². The van der Waals surface area contributed by atoms with Gasteiger partial charge in [-0.25, -0.2) is 14.6 Å². The summed E-state index contributed by atoms with van der Waals surface area (Å²) in [5.74, 6) is -1.09. The van der Waals surface area contributed by atoms with Gasteiger partial charge in [0.25, 0.3) is 5.91 Å². The first-order valence-electron chi connectivity index (χ1n) is 9.19. The molecular weight excluding hydrogens is 402 g/mol. The normalized spacial score (nSPS) is 10.4. The second-order valence-corrected chi connectivity index (χ2v) is 7.83. The first-order valence-corrected chi connectivity index (χ1v) is 10.0. The maximum atomic E-state index is 12.7. The maximum Gasteiger partial charge on any atom is 0.421 e. The molecule has 0 unspecified atom stereocenters. The van der Waals surface area contributed by atoms with Crippen molar-refractivity contribution in [1.82, 2.24) is 4.98 Å². The van der Waals surface area contributed by atoms with E-state index in [1.807, 2.05) is 32.9 Å². The fourth-order valence-electron chi connectivity index (χ4n) is 3.04. The van der Waals surface area contributed by atoms with Gasteiger partial charge in [0.15, 0.2) is 5.13 Å². The smallest absolute Gasteiger partial charge is 0.372 e. The molecule has 3 rings (SSSR count). The van der Waals surface area contributed by atoms with Crippen LogP contribution in [-0.4, -0.2) is 23.0 Å². The topological polar surface area (TPSA) is 97.4 Å². The first kappa shape index (κ1) is 21.2. The molecule has 0 bridgehead atoms. The largest absolute Gasteiger partial charge is 0.421 e. The third-order valence-corrected chi connectivity index (χ3v) is 5.39. The molecule has 0 aliphatic heterocycles. The average Bonchev–Trinajstić information content (AvgIpc) is 3.05. The van der Waals surface area contributed by atoms with Crippen molar-refractivity contribution < 1.29 is 19.1 Å². The summed E-state index contributed by atoms with van der Waals surface area (Å²) in [6, 6.07) is 12.2. The summed E-state index contributed by atoms with van der Waals surface area (Å²) in [5.41, 5.74) is 4.51. The molecule has 0 saturated carbocycles. The van der Waals surface area contributed by atoms with E-state index < -0.39 is 12.1 Å². The van der Waals surface area contributed by atoms with Crippen LogP contribution in [-0.2, 0) is 4.74 Å². The number of aromatic nitrogens is 1. The van der Waals surface area contributed by atoms with Gasteiger partial charge in [0, 0.05) is 5.69 Å². The summed E-state index contributed by atoms with van der Waals surface area (Å²) in [5, 5.41) is 5.48. The minimum atomic E-state index is -0.963. The van der Waals surface area contributed by atoms with Crippen molar-refractivity contribution in [2.24, 2.45) is 0 Å². The minimum absolute atomic E-state index is 0.167. The van der Waals surface area contributed by atoms with Crippen molar-refractivity contribution in [3.63, 3.8) is 0 Å². The molecule has 0 radical (unpaired) electrons. The Balaban J connectivity index is 1.68. The summed E-state index contributed by atoms with van der Waals surface area (Å²) >= 11 is 1.01. The van der Waals surface area contributed by atoms with Crippen molar-refractivity contribution in [3.8, 4) is 0 Å². The number of carbonyl (C=O) groups excluding carboxylic acids is 3. The predicted octanol–water partition coefficient (Wildman–Crippen LogP) is 5.02. The highest BCUT2D eigenvalue weighted by Gasteiger charge is 2.20. The van der Waals surface area contributed by atoms with Gasteiger partial charge in [-0.15, -0.1) is 0 Å². The number of hydrogen-bond donors (Lipinski definition) is 2. The van der Waals surface area contributed by atoms with E-state index in [2.05, 4.69) is 15.6 Å². The number of nitrogens with zero attached hydrogens (tertiary/aromatic N) is 1. The summed E-state index contributed by atoms with van der Waals surface area (Å²) < 4.78 is 4.77. The highest BCUT2D eigenvalue weighted by molar-refractivity contribution is 7.17. The van der Waals surface area contributed by atoms with Crippen LogP contribution in [0.15, 0.2) is 42.5 Å². The number of benzene rings is 2. The van der Waals surface area contributed by atoms with Crippen molar-refractivity contribution in [3.05, 3.63) is 75.3 Å². The van der Waals surface area contributed by atoms with Crippen LogP contribution in [0.2, 0.25) is 0 Å². The lowest BCUT2D eigenvalue weighted by Crippen LogP contribution is -2.18. The molecule has 2 amide bonds. The zero-order chi connectivity index (χ0) is 21.8. The number of carbonyl (C=O) groups is 3.